The second-order valence-corrected chi connectivity index (χ2v) is 7.25. The van der Waals surface area contributed by atoms with Gasteiger partial charge >= 0.3 is 146 Å². The van der Waals surface area contributed by atoms with E-state index in [0.717, 1.165) is 0 Å². The molecule has 0 atom stereocenters. The van der Waals surface area contributed by atoms with Gasteiger partial charge in [0.1, 0.15) is 0 Å². The van der Waals surface area contributed by atoms with E-state index in [1.807, 2.05) is 0 Å². The first-order valence-electron chi connectivity index (χ1n) is 2.00. The zero-order valence-electron chi connectivity index (χ0n) is 7.77. The van der Waals surface area contributed by atoms with Gasteiger partial charge in [0.2, 0.25) is 0 Å². The average Bonchev–Trinajstić information content (AvgIpc) is 1.41. The van der Waals surface area contributed by atoms with Crippen LogP contribution in [0, 0.1) is 0 Å². The monoisotopic (exact) mass is 1010 g/mol. The Bertz CT molecular complexity index is 350. The standard InChI is InChI=1S/2Bi.2Mn.3Mo.12O/q2*+3;;;;;;;;;;;;6*-1. The Morgan fingerprint density at radius 1 is 0.421 bits per heavy atom. The summed E-state index contributed by atoms with van der Waals surface area (Å²) in [7, 11) is 0. The van der Waals surface area contributed by atoms with Crippen LogP contribution in [0.4, 0.5) is 0 Å². The molecule has 0 aliphatic rings. The third kappa shape index (κ3) is 688. The minimum atomic E-state index is -6.02. The van der Waals surface area contributed by atoms with Crippen molar-refractivity contribution in [3.8, 4) is 0 Å². The Labute approximate surface area is 176 Å². The van der Waals surface area contributed by atoms with Crippen LogP contribution in [0.25, 0.3) is 0 Å². The summed E-state index contributed by atoms with van der Waals surface area (Å²) >= 11 is -18.1. The molecule has 0 aliphatic heterocycles. The predicted molar refractivity (Wildman–Crippen MR) is 15.6 cm³/mol. The molecule has 0 aliphatic carbocycles. The van der Waals surface area contributed by atoms with Gasteiger partial charge in [0.25, 0.3) is 0 Å². The molecule has 19 heavy (non-hydrogen) atoms. The third-order valence-corrected chi connectivity index (χ3v) is 0. The van der Waals surface area contributed by atoms with Crippen molar-refractivity contribution in [3.63, 3.8) is 0 Å². The summed E-state index contributed by atoms with van der Waals surface area (Å²) in [5.41, 5.74) is 0. The van der Waals surface area contributed by atoms with E-state index >= 15 is 0 Å². The van der Waals surface area contributed by atoms with Gasteiger partial charge in [-0.05, 0) is 0 Å². The first-order chi connectivity index (χ1) is 6.00. The average molecular weight is 1010 g/mol. The van der Waals surface area contributed by atoms with Crippen LogP contribution < -0.4 is 22.6 Å². The second-order valence-electron chi connectivity index (χ2n) is 1.22. The quantitative estimate of drug-likeness (QED) is 0.206. The van der Waals surface area contributed by atoms with E-state index in [0.29, 0.717) is 0 Å². The van der Waals surface area contributed by atoms with Gasteiger partial charge in [-0.2, -0.15) is 0 Å². The number of hydrogen-bond acceptors (Lipinski definition) is 12. The summed E-state index contributed by atoms with van der Waals surface area (Å²) in [6.07, 6.45) is 0. The summed E-state index contributed by atoms with van der Waals surface area (Å²) in [6, 6.07) is 0. The molecule has 0 fully saturated rings. The van der Waals surface area contributed by atoms with Crippen molar-refractivity contribution in [1.82, 2.24) is 0 Å². The van der Waals surface area contributed by atoms with Crippen LogP contribution >= 0.6 is 0 Å². The predicted octanol–water partition coefficient (Wildman–Crippen LogP) is -8.62. The molecule has 0 unspecified atom stereocenters. The summed E-state index contributed by atoms with van der Waals surface area (Å²) in [5.74, 6) is 0. The fraction of sp³-hybridized carbons (Fsp3) is 0. The SMILES string of the molecule is [Bi+3].[Bi+3].[Mn].[Mn].[O]=[Mo](=[O])([O-])[O-].[O]=[Mo](=[O])([O-])[O-].[O]=[Mo](=[O])([O-])[O-]. The van der Waals surface area contributed by atoms with Gasteiger partial charge in [-0.25, -0.2) is 0 Å². The van der Waals surface area contributed by atoms with Crippen LogP contribution in [0.5, 0.6) is 0 Å². The summed E-state index contributed by atoms with van der Waals surface area (Å²) < 4.78 is 104. The van der Waals surface area contributed by atoms with Crippen molar-refractivity contribution in [3.05, 3.63) is 0 Å². The summed E-state index contributed by atoms with van der Waals surface area (Å²) in [6.45, 7) is 0. The molecule has 0 bridgehead atoms. The van der Waals surface area contributed by atoms with Crippen molar-refractivity contribution in [2.24, 2.45) is 0 Å². The molecule has 0 spiro atoms. The third-order valence-electron chi connectivity index (χ3n) is 0. The van der Waals surface area contributed by atoms with E-state index < -0.39 is 50.2 Å². The molecule has 0 N–H and O–H groups in total. The molecular weight excluding hydrogens is 1010 g/mol. The second kappa shape index (κ2) is 19.5. The maximum atomic E-state index is 8.63. The van der Waals surface area contributed by atoms with E-state index in [1.165, 1.54) is 0 Å². The molecule has 0 aromatic carbocycles. The topological polar surface area (TPSA) is 241 Å². The summed E-state index contributed by atoms with van der Waals surface area (Å²) in [4.78, 5) is 0. The Balaban J connectivity index is -0.0000000206. The van der Waals surface area contributed by atoms with Gasteiger partial charge in [0, 0.05) is 34.1 Å². The van der Waals surface area contributed by atoms with Crippen molar-refractivity contribution in [2.45, 2.75) is 0 Å². The number of rotatable bonds is 0. The van der Waals surface area contributed by atoms with Crippen LogP contribution in [0.3, 0.4) is 0 Å². The van der Waals surface area contributed by atoms with E-state index in [9.17, 15) is 0 Å². The molecule has 0 heterocycles. The van der Waals surface area contributed by atoms with Crippen LogP contribution in [0.1, 0.15) is 0 Å². The molecule has 114 valence electrons. The van der Waals surface area contributed by atoms with E-state index in [1.54, 1.807) is 0 Å². The Morgan fingerprint density at radius 3 is 0.421 bits per heavy atom. The van der Waals surface area contributed by atoms with Gasteiger partial charge in [-0.1, -0.05) is 0 Å². The van der Waals surface area contributed by atoms with Crippen molar-refractivity contribution in [2.75, 3.05) is 0 Å². The van der Waals surface area contributed by atoms with Crippen LogP contribution in [-0.2, 0) is 105 Å². The van der Waals surface area contributed by atoms with Crippen molar-refractivity contribution < 1.29 is 127 Å². The Morgan fingerprint density at radius 2 is 0.421 bits per heavy atom. The van der Waals surface area contributed by atoms with Gasteiger partial charge in [-0.15, -0.1) is 0 Å². The fourth-order valence-electron chi connectivity index (χ4n) is 0. The van der Waals surface area contributed by atoms with Crippen LogP contribution in [-0.4, -0.2) is 52.4 Å². The van der Waals surface area contributed by atoms with Crippen LogP contribution in [0.15, 0.2) is 0 Å². The van der Waals surface area contributed by atoms with Gasteiger partial charge in [-0.3, -0.25) is 0 Å². The molecule has 12 nitrogen and oxygen atoms in total. The fourth-order valence-corrected chi connectivity index (χ4v) is 0. The number of hydrogen-bond donors (Lipinski definition) is 0. The molecule has 0 saturated heterocycles. The molecule has 6 radical (unpaired) electrons. The minimum absolute atomic E-state index is 0. The molecule has 19 heteroatoms. The molecule has 0 saturated carbocycles. The van der Waals surface area contributed by atoms with Crippen LogP contribution in [0.2, 0.25) is 0 Å². The first-order valence-corrected chi connectivity index (χ1v) is 11.8. The van der Waals surface area contributed by atoms with Crippen molar-refractivity contribution >= 4 is 52.4 Å². The van der Waals surface area contributed by atoms with Gasteiger partial charge in [0.15, 0.2) is 0 Å². The zero-order chi connectivity index (χ0) is 13.5. The maximum absolute atomic E-state index is 8.63. The molecule has 0 aromatic rings. The van der Waals surface area contributed by atoms with Gasteiger partial charge < -0.3 is 0 Å². The zero-order valence-corrected chi connectivity index (χ0v) is 23.1. The Hall–Kier alpha value is 3.43. The van der Waals surface area contributed by atoms with E-state index in [-0.39, 0.29) is 86.5 Å². The Kier molecular flexibility index (Phi) is 44.4. The van der Waals surface area contributed by atoms with Crippen molar-refractivity contribution in [1.29, 1.82) is 0 Å². The first kappa shape index (κ1) is 43.3. The van der Waals surface area contributed by atoms with Gasteiger partial charge in [0.05, 0.1) is 0 Å². The molecule has 0 rings (SSSR count). The molecule has 0 aromatic heterocycles. The summed E-state index contributed by atoms with van der Waals surface area (Å²) in [5, 5.41) is 0. The normalized spacial score (nSPS) is 9.16. The molecule has 0 amide bonds. The van der Waals surface area contributed by atoms with E-state index in [2.05, 4.69) is 0 Å². The van der Waals surface area contributed by atoms with E-state index in [4.69, 9.17) is 42.9 Å². The molecular formula is Bi2Mn2Mo3O12.